The van der Waals surface area contributed by atoms with E-state index in [0.717, 1.165) is 0 Å². The summed E-state index contributed by atoms with van der Waals surface area (Å²) < 4.78 is 94.6. The highest BCUT2D eigenvalue weighted by Crippen LogP contribution is 2.54. The Morgan fingerprint density at radius 2 is 1.48 bits per heavy atom. The Hall–Kier alpha value is -2.95. The van der Waals surface area contributed by atoms with Crippen molar-refractivity contribution in [3.63, 3.8) is 0 Å². The van der Waals surface area contributed by atoms with Crippen molar-refractivity contribution in [1.82, 2.24) is 14.8 Å². The monoisotopic (exact) mass is 493 g/mol. The number of Topliss-reactive ketones (excluding diaryl/α,β-unsaturated/α-hetero) is 1. The van der Waals surface area contributed by atoms with Crippen molar-refractivity contribution in [2.24, 2.45) is 0 Å². The number of ketones is 1. The Labute approximate surface area is 188 Å². The van der Waals surface area contributed by atoms with Gasteiger partial charge in [0.05, 0.1) is 23.6 Å². The molecule has 0 aliphatic heterocycles. The Morgan fingerprint density at radius 1 is 0.939 bits per heavy atom. The molecule has 3 aromatic rings. The third kappa shape index (κ3) is 4.21. The van der Waals surface area contributed by atoms with E-state index in [1.165, 1.54) is 50.1 Å². The average molecular weight is 494 g/mol. The van der Waals surface area contributed by atoms with Crippen molar-refractivity contribution in [1.29, 1.82) is 0 Å². The molecular formula is C21H15ClF7N3O. The highest BCUT2D eigenvalue weighted by molar-refractivity contribution is 6.32. The van der Waals surface area contributed by atoms with Crippen LogP contribution in [0.15, 0.2) is 36.8 Å². The number of alkyl halides is 7. The van der Waals surface area contributed by atoms with Crippen LogP contribution in [0.5, 0.6) is 0 Å². The molecule has 0 saturated heterocycles. The zero-order valence-electron chi connectivity index (χ0n) is 17.2. The van der Waals surface area contributed by atoms with Gasteiger partial charge in [0.1, 0.15) is 5.15 Å². The number of hydrogen-bond donors (Lipinski definition) is 0. The van der Waals surface area contributed by atoms with Crippen LogP contribution < -0.4 is 0 Å². The van der Waals surface area contributed by atoms with Gasteiger partial charge in [-0.3, -0.25) is 4.79 Å². The molecule has 1 aromatic carbocycles. The van der Waals surface area contributed by atoms with Crippen LogP contribution in [0, 0.1) is 13.8 Å². The number of aromatic nitrogens is 3. The fourth-order valence-electron chi connectivity index (χ4n) is 3.51. The lowest BCUT2D eigenvalue weighted by Gasteiger charge is -2.31. The second kappa shape index (κ2) is 8.12. The van der Waals surface area contributed by atoms with E-state index in [0.29, 0.717) is 23.4 Å². The third-order valence-corrected chi connectivity index (χ3v) is 5.35. The number of halogens is 8. The van der Waals surface area contributed by atoms with Crippen molar-refractivity contribution in [2.45, 2.75) is 38.8 Å². The molecule has 0 atom stereocenters. The maximum atomic E-state index is 14.5. The van der Waals surface area contributed by atoms with Gasteiger partial charge in [-0.1, -0.05) is 23.7 Å². The number of carbonyl (C=O) groups is 1. The molecule has 4 nitrogen and oxygen atoms in total. The quantitative estimate of drug-likeness (QED) is 0.231. The molecule has 0 radical (unpaired) electrons. The summed E-state index contributed by atoms with van der Waals surface area (Å²) in [4.78, 5) is 15.6. The molecule has 2 heterocycles. The Bertz CT molecular complexity index is 1190. The maximum absolute atomic E-state index is 14.5. The van der Waals surface area contributed by atoms with Gasteiger partial charge in [-0.15, -0.1) is 0 Å². The lowest BCUT2D eigenvalue weighted by molar-refractivity contribution is -0.348. The van der Waals surface area contributed by atoms with E-state index in [1.54, 1.807) is 0 Å². The van der Waals surface area contributed by atoms with Crippen LogP contribution in [0.1, 0.15) is 34.0 Å². The van der Waals surface area contributed by atoms with Crippen molar-refractivity contribution >= 4 is 17.4 Å². The summed E-state index contributed by atoms with van der Waals surface area (Å²) in [6.45, 7) is 3.84. The molecule has 0 N–H and O–H groups in total. The van der Waals surface area contributed by atoms with E-state index in [-0.39, 0.29) is 33.2 Å². The molecule has 2 aromatic heterocycles. The summed E-state index contributed by atoms with van der Waals surface area (Å²) in [6, 6.07) is 2.48. The van der Waals surface area contributed by atoms with Gasteiger partial charge in [-0.05, 0) is 43.5 Å². The van der Waals surface area contributed by atoms with Gasteiger partial charge in [0.15, 0.2) is 5.78 Å². The van der Waals surface area contributed by atoms with E-state index in [1.807, 2.05) is 0 Å². The predicted octanol–water partition coefficient (Wildman–Crippen LogP) is 6.70. The smallest absolute Gasteiger partial charge is 0.294 e. The van der Waals surface area contributed by atoms with Crippen LogP contribution in [-0.4, -0.2) is 32.9 Å². The number of nitrogens with zero attached hydrogens (tertiary/aromatic N) is 3. The van der Waals surface area contributed by atoms with Crippen LogP contribution in [0.2, 0.25) is 5.15 Å². The molecule has 0 fully saturated rings. The van der Waals surface area contributed by atoms with Crippen LogP contribution in [0.3, 0.4) is 0 Å². The number of rotatable bonds is 4. The van der Waals surface area contributed by atoms with Crippen molar-refractivity contribution in [3.8, 4) is 16.8 Å². The summed E-state index contributed by atoms with van der Waals surface area (Å²) in [5, 5.41) is 4.10. The van der Waals surface area contributed by atoms with Crippen molar-refractivity contribution in [2.75, 3.05) is 0 Å². The molecule has 12 heteroatoms. The predicted molar refractivity (Wildman–Crippen MR) is 106 cm³/mol. The number of carbonyl (C=O) groups excluding carboxylic acids is 1. The summed E-state index contributed by atoms with van der Waals surface area (Å²) in [6.07, 6.45) is -8.30. The SMILES string of the molecule is CC(=O)c1cc(-n2cc(-c3c(C)cc(C(F)(C(F)(F)F)C(F)(F)F)cc3C)cn2)cnc1Cl. The molecule has 0 saturated carbocycles. The van der Waals surface area contributed by atoms with Crippen LogP contribution >= 0.6 is 11.6 Å². The van der Waals surface area contributed by atoms with Crippen molar-refractivity contribution < 1.29 is 35.5 Å². The van der Waals surface area contributed by atoms with Crippen LogP contribution in [0.4, 0.5) is 30.7 Å². The number of hydrogen-bond acceptors (Lipinski definition) is 3. The van der Waals surface area contributed by atoms with Gasteiger partial charge in [-0.25, -0.2) is 14.1 Å². The largest absolute Gasteiger partial charge is 0.435 e. The normalized spacial score (nSPS) is 12.8. The lowest BCUT2D eigenvalue weighted by atomic mass is 9.87. The molecular weight excluding hydrogens is 479 g/mol. The average Bonchev–Trinajstić information content (AvgIpc) is 3.14. The minimum absolute atomic E-state index is 0.00931. The van der Waals surface area contributed by atoms with Crippen LogP contribution in [-0.2, 0) is 5.67 Å². The first-order valence-electron chi connectivity index (χ1n) is 9.24. The topological polar surface area (TPSA) is 47.8 Å². The van der Waals surface area contributed by atoms with Crippen molar-refractivity contribution in [3.05, 3.63) is 64.2 Å². The molecule has 176 valence electrons. The minimum atomic E-state index is -6.20. The van der Waals surface area contributed by atoms with E-state index in [2.05, 4.69) is 10.1 Å². The summed E-state index contributed by atoms with van der Waals surface area (Å²) in [7, 11) is 0. The molecule has 0 amide bonds. The Kier molecular flexibility index (Phi) is 6.08. The number of aryl methyl sites for hydroxylation is 2. The first-order chi connectivity index (χ1) is 15.1. The van der Waals surface area contributed by atoms with Gasteiger partial charge >= 0.3 is 18.0 Å². The molecule has 0 unspecified atom stereocenters. The number of benzene rings is 1. The maximum Gasteiger partial charge on any atom is 0.435 e. The second-order valence-corrected chi connectivity index (χ2v) is 7.76. The van der Waals surface area contributed by atoms with E-state index < -0.39 is 23.6 Å². The fourth-order valence-corrected chi connectivity index (χ4v) is 3.74. The number of pyridine rings is 1. The summed E-state index contributed by atoms with van der Waals surface area (Å²) in [5.74, 6) is -0.340. The first-order valence-corrected chi connectivity index (χ1v) is 9.61. The highest BCUT2D eigenvalue weighted by atomic mass is 35.5. The third-order valence-electron chi connectivity index (χ3n) is 5.05. The first kappa shape index (κ1) is 24.7. The second-order valence-electron chi connectivity index (χ2n) is 7.40. The minimum Gasteiger partial charge on any atom is -0.294 e. The molecule has 0 spiro atoms. The molecule has 0 aliphatic rings. The lowest BCUT2D eigenvalue weighted by Crippen LogP contribution is -2.50. The van der Waals surface area contributed by atoms with Gasteiger partial charge in [0, 0.05) is 17.3 Å². The molecule has 0 aliphatic carbocycles. The van der Waals surface area contributed by atoms with E-state index in [4.69, 9.17) is 11.6 Å². The molecule has 0 bridgehead atoms. The summed E-state index contributed by atoms with van der Waals surface area (Å²) in [5.41, 5.74) is -5.99. The zero-order chi connectivity index (χ0) is 24.9. The molecule has 33 heavy (non-hydrogen) atoms. The van der Waals surface area contributed by atoms with E-state index >= 15 is 0 Å². The van der Waals surface area contributed by atoms with Gasteiger partial charge in [-0.2, -0.15) is 31.4 Å². The molecule has 3 rings (SSSR count). The van der Waals surface area contributed by atoms with Gasteiger partial charge in [0.25, 0.3) is 0 Å². The highest BCUT2D eigenvalue weighted by Gasteiger charge is 2.73. The standard InChI is InChI=1S/C21H15ClF7N3O/c1-10-4-14(19(23,20(24,25)26)21(27,28)29)5-11(2)17(10)13-7-31-32(9-13)15-6-16(12(3)33)18(22)30-8-15/h4-9H,1-3H3. The Balaban J connectivity index is 2.10. The van der Waals surface area contributed by atoms with Gasteiger partial charge in [0.2, 0.25) is 0 Å². The Morgan fingerprint density at radius 3 is 1.97 bits per heavy atom. The summed E-state index contributed by atoms with van der Waals surface area (Å²) >= 11 is 5.88. The fraction of sp³-hybridized carbons (Fsp3) is 0.286. The van der Waals surface area contributed by atoms with E-state index in [9.17, 15) is 35.5 Å². The van der Waals surface area contributed by atoms with Gasteiger partial charge < -0.3 is 0 Å². The zero-order valence-corrected chi connectivity index (χ0v) is 18.0. The van der Waals surface area contributed by atoms with Crippen LogP contribution in [0.25, 0.3) is 16.8 Å².